The molecule has 2 heterocycles. The molecule has 0 spiro atoms. The topological polar surface area (TPSA) is 42.0 Å². The quantitative estimate of drug-likeness (QED) is 0.491. The molecule has 0 aromatic heterocycles. The van der Waals surface area contributed by atoms with Gasteiger partial charge < -0.3 is 14.4 Å². The molecule has 0 N–H and O–H groups in total. The number of rotatable bonds is 8. The number of hydrogen-bond acceptors (Lipinski definition) is 4. The molecule has 0 aliphatic carbocycles. The molecule has 0 radical (unpaired) electrons. The Morgan fingerprint density at radius 2 is 1.94 bits per heavy atom. The standard InChI is InChI=1S/C28H37ClN2O3/c1-4-21-7-5-8-22(13-21)17-30-10-9-24(19-30)28(32)31(16-20(2)3)18-23-14-25(29)27-26(15-23)33-11-6-12-34-27/h5,7-8,13-15,20,24H,4,6,9-12,16-19H2,1-3H3/t24-/m1/s1. The number of carbonyl (C=O) groups excluding carboxylic acids is 1. The van der Waals surface area contributed by atoms with Gasteiger partial charge >= 0.3 is 0 Å². The summed E-state index contributed by atoms with van der Waals surface area (Å²) >= 11 is 6.52. The van der Waals surface area contributed by atoms with Gasteiger partial charge in [0.25, 0.3) is 0 Å². The number of aryl methyl sites for hydroxylation is 1. The maximum absolute atomic E-state index is 13.6. The predicted octanol–water partition coefficient (Wildman–Crippen LogP) is 5.57. The minimum Gasteiger partial charge on any atom is -0.489 e. The van der Waals surface area contributed by atoms with Gasteiger partial charge in [0.1, 0.15) is 0 Å². The van der Waals surface area contributed by atoms with Crippen LogP contribution >= 0.6 is 11.6 Å². The van der Waals surface area contributed by atoms with Crippen molar-refractivity contribution in [2.45, 2.75) is 53.1 Å². The summed E-state index contributed by atoms with van der Waals surface area (Å²) < 4.78 is 11.6. The van der Waals surface area contributed by atoms with E-state index < -0.39 is 0 Å². The fraction of sp³-hybridized carbons (Fsp3) is 0.536. The third kappa shape index (κ3) is 6.25. The zero-order chi connectivity index (χ0) is 24.1. The van der Waals surface area contributed by atoms with Crippen LogP contribution in [0.1, 0.15) is 50.3 Å². The van der Waals surface area contributed by atoms with Crippen LogP contribution in [0.4, 0.5) is 0 Å². The van der Waals surface area contributed by atoms with Crippen molar-refractivity contribution in [1.29, 1.82) is 0 Å². The van der Waals surface area contributed by atoms with Crippen molar-refractivity contribution < 1.29 is 14.3 Å². The van der Waals surface area contributed by atoms with E-state index in [1.165, 1.54) is 11.1 Å². The maximum atomic E-state index is 13.6. The lowest BCUT2D eigenvalue weighted by atomic mass is 10.0. The van der Waals surface area contributed by atoms with Crippen molar-refractivity contribution in [2.75, 3.05) is 32.8 Å². The lowest BCUT2D eigenvalue weighted by Crippen LogP contribution is -2.39. The van der Waals surface area contributed by atoms with Crippen molar-refractivity contribution in [3.63, 3.8) is 0 Å². The molecule has 2 aromatic rings. The number of halogens is 1. The second kappa shape index (κ2) is 11.5. The zero-order valence-electron chi connectivity index (χ0n) is 20.7. The molecule has 5 nitrogen and oxygen atoms in total. The molecule has 34 heavy (non-hydrogen) atoms. The van der Waals surface area contributed by atoms with Gasteiger partial charge in [-0.05, 0) is 54.1 Å². The number of amides is 1. The Morgan fingerprint density at radius 3 is 2.74 bits per heavy atom. The lowest BCUT2D eigenvalue weighted by Gasteiger charge is -2.28. The molecule has 0 bridgehead atoms. The molecule has 1 atom stereocenters. The summed E-state index contributed by atoms with van der Waals surface area (Å²) in [5, 5.41) is 0.549. The van der Waals surface area contributed by atoms with E-state index in [4.69, 9.17) is 21.1 Å². The first-order chi connectivity index (χ1) is 16.4. The first-order valence-corrected chi connectivity index (χ1v) is 13.0. The van der Waals surface area contributed by atoms with Gasteiger partial charge in [-0.2, -0.15) is 0 Å². The summed E-state index contributed by atoms with van der Waals surface area (Å²) in [6.07, 6.45) is 2.78. The van der Waals surface area contributed by atoms with Crippen molar-refractivity contribution in [3.8, 4) is 11.5 Å². The average molecular weight is 485 g/mol. The van der Waals surface area contributed by atoms with Gasteiger partial charge in [0.2, 0.25) is 5.91 Å². The second-order valence-corrected chi connectivity index (χ2v) is 10.4. The van der Waals surface area contributed by atoms with Crippen LogP contribution in [0.15, 0.2) is 36.4 Å². The highest BCUT2D eigenvalue weighted by Gasteiger charge is 2.32. The molecular formula is C28H37ClN2O3. The third-order valence-electron chi connectivity index (χ3n) is 6.56. The van der Waals surface area contributed by atoms with E-state index in [-0.39, 0.29) is 11.8 Å². The molecule has 1 fully saturated rings. The molecule has 0 saturated carbocycles. The van der Waals surface area contributed by atoms with Crippen LogP contribution < -0.4 is 9.47 Å². The van der Waals surface area contributed by atoms with Gasteiger partial charge in [-0.25, -0.2) is 0 Å². The highest BCUT2D eigenvalue weighted by molar-refractivity contribution is 6.32. The van der Waals surface area contributed by atoms with Crippen LogP contribution in [0, 0.1) is 11.8 Å². The van der Waals surface area contributed by atoms with Crippen molar-refractivity contribution in [3.05, 3.63) is 58.1 Å². The molecule has 0 unspecified atom stereocenters. The normalized spacial score (nSPS) is 18.2. The molecule has 2 aromatic carbocycles. The number of hydrogen-bond donors (Lipinski definition) is 0. The predicted molar refractivity (Wildman–Crippen MR) is 137 cm³/mol. The van der Waals surface area contributed by atoms with Gasteiger partial charge in [-0.15, -0.1) is 0 Å². The number of benzene rings is 2. The van der Waals surface area contributed by atoms with Crippen LogP contribution in [-0.2, 0) is 24.3 Å². The van der Waals surface area contributed by atoms with Gasteiger partial charge in [-0.1, -0.05) is 56.6 Å². The zero-order valence-corrected chi connectivity index (χ0v) is 21.4. The largest absolute Gasteiger partial charge is 0.489 e. The number of likely N-dealkylation sites (tertiary alicyclic amines) is 1. The second-order valence-electron chi connectivity index (χ2n) is 9.96. The van der Waals surface area contributed by atoms with Crippen molar-refractivity contribution in [1.82, 2.24) is 9.80 Å². The van der Waals surface area contributed by atoms with Crippen LogP contribution in [0.25, 0.3) is 0 Å². The Balaban J connectivity index is 1.44. The fourth-order valence-corrected chi connectivity index (χ4v) is 5.20. The minimum absolute atomic E-state index is 0.0315. The fourth-order valence-electron chi connectivity index (χ4n) is 4.91. The Kier molecular flexibility index (Phi) is 8.38. The maximum Gasteiger partial charge on any atom is 0.227 e. The highest BCUT2D eigenvalue weighted by Crippen LogP contribution is 2.38. The Hall–Kier alpha value is -2.24. The van der Waals surface area contributed by atoms with Crippen LogP contribution in [-0.4, -0.2) is 48.6 Å². The molecule has 2 aliphatic rings. The summed E-state index contributed by atoms with van der Waals surface area (Å²) in [6.45, 7) is 11.6. The van der Waals surface area contributed by atoms with E-state index in [1.807, 2.05) is 17.0 Å². The first-order valence-electron chi connectivity index (χ1n) is 12.6. The van der Waals surface area contributed by atoms with E-state index >= 15 is 0 Å². The summed E-state index contributed by atoms with van der Waals surface area (Å²) in [4.78, 5) is 18.0. The van der Waals surface area contributed by atoms with E-state index in [0.29, 0.717) is 42.2 Å². The SMILES string of the molecule is CCc1cccc(CN2CC[C@@H](C(=O)N(Cc3cc(Cl)c4c(c3)OCCCO4)CC(C)C)C2)c1. The minimum atomic E-state index is 0.0315. The molecule has 6 heteroatoms. The smallest absolute Gasteiger partial charge is 0.227 e. The lowest BCUT2D eigenvalue weighted by molar-refractivity contribution is -0.136. The van der Waals surface area contributed by atoms with E-state index in [1.54, 1.807) is 0 Å². The number of carbonyl (C=O) groups is 1. The van der Waals surface area contributed by atoms with Crippen molar-refractivity contribution >= 4 is 17.5 Å². The number of nitrogens with zero attached hydrogens (tertiary/aromatic N) is 2. The molecule has 1 amide bonds. The van der Waals surface area contributed by atoms with Crippen LogP contribution in [0.3, 0.4) is 0 Å². The van der Waals surface area contributed by atoms with E-state index in [0.717, 1.165) is 51.0 Å². The first kappa shape index (κ1) is 24.9. The number of ether oxygens (including phenoxy) is 2. The molecule has 184 valence electrons. The molecule has 4 rings (SSSR count). The molecular weight excluding hydrogens is 448 g/mol. The van der Waals surface area contributed by atoms with E-state index in [9.17, 15) is 4.79 Å². The molecule has 1 saturated heterocycles. The van der Waals surface area contributed by atoms with Gasteiger partial charge in [0, 0.05) is 32.6 Å². The summed E-state index contributed by atoms with van der Waals surface area (Å²) in [7, 11) is 0. The monoisotopic (exact) mass is 484 g/mol. The van der Waals surface area contributed by atoms with Crippen molar-refractivity contribution in [2.24, 2.45) is 11.8 Å². The Labute approximate surface area is 209 Å². The van der Waals surface area contributed by atoms with Crippen LogP contribution in [0.2, 0.25) is 5.02 Å². The summed E-state index contributed by atoms with van der Waals surface area (Å²) in [6, 6.07) is 12.7. The van der Waals surface area contributed by atoms with E-state index in [2.05, 4.69) is 49.9 Å². The molecule has 2 aliphatic heterocycles. The van der Waals surface area contributed by atoms with Gasteiger partial charge in [0.05, 0.1) is 24.2 Å². The van der Waals surface area contributed by atoms with Gasteiger partial charge in [-0.3, -0.25) is 9.69 Å². The third-order valence-corrected chi connectivity index (χ3v) is 6.84. The average Bonchev–Trinajstić information content (AvgIpc) is 3.13. The Bertz CT molecular complexity index is 994. The van der Waals surface area contributed by atoms with Crippen LogP contribution in [0.5, 0.6) is 11.5 Å². The highest BCUT2D eigenvalue weighted by atomic mass is 35.5. The number of fused-ring (bicyclic) bond motifs is 1. The Morgan fingerprint density at radius 1 is 1.15 bits per heavy atom. The summed E-state index contributed by atoms with van der Waals surface area (Å²) in [5.41, 5.74) is 3.67. The summed E-state index contributed by atoms with van der Waals surface area (Å²) in [5.74, 6) is 1.95. The van der Waals surface area contributed by atoms with Gasteiger partial charge in [0.15, 0.2) is 11.5 Å².